The maximum Gasteiger partial charge on any atom is 0.306 e. The summed E-state index contributed by atoms with van der Waals surface area (Å²) in [7, 11) is 1.16. The molecule has 0 saturated carbocycles. The van der Waals surface area contributed by atoms with Crippen molar-refractivity contribution in [2.24, 2.45) is 0 Å². The van der Waals surface area contributed by atoms with Crippen molar-refractivity contribution < 1.29 is 42.1 Å². The van der Waals surface area contributed by atoms with E-state index < -0.39 is 26.5 Å². The molecule has 0 N–H and O–H groups in total. The number of rotatable bonds is 65. The van der Waals surface area contributed by atoms with Crippen molar-refractivity contribution in [3.8, 4) is 0 Å². The van der Waals surface area contributed by atoms with Crippen LogP contribution in [0.25, 0.3) is 0 Å². The number of hydrogen-bond acceptors (Lipinski definition) is 8. The Morgan fingerprint density at radius 2 is 0.628 bits per heavy atom. The van der Waals surface area contributed by atoms with Gasteiger partial charge in [-0.1, -0.05) is 309 Å². The number of hydrogen-bond donors (Lipinski definition) is 0. The average Bonchev–Trinajstić information content (AvgIpc) is 3.56. The van der Waals surface area contributed by atoms with Crippen molar-refractivity contribution in [3.05, 3.63) is 109 Å². The first kappa shape index (κ1) is 82.7. The summed E-state index contributed by atoms with van der Waals surface area (Å²) in [5, 5.41) is 0. The van der Waals surface area contributed by atoms with Crippen molar-refractivity contribution in [1.29, 1.82) is 0 Å². The predicted molar refractivity (Wildman–Crippen MR) is 369 cm³/mol. The van der Waals surface area contributed by atoms with Gasteiger partial charge < -0.3 is 27.9 Å². The van der Waals surface area contributed by atoms with Gasteiger partial charge in [0.15, 0.2) is 6.10 Å². The first-order valence-electron chi connectivity index (χ1n) is 35.6. The molecule has 0 aliphatic heterocycles. The molecule has 0 heterocycles. The van der Waals surface area contributed by atoms with E-state index in [0.29, 0.717) is 17.4 Å². The molecule has 2 unspecified atom stereocenters. The minimum Gasteiger partial charge on any atom is -0.756 e. The van der Waals surface area contributed by atoms with Gasteiger partial charge in [0, 0.05) is 12.8 Å². The number of carbonyl (C=O) groups excluding carboxylic acids is 2. The summed E-state index contributed by atoms with van der Waals surface area (Å²) in [6.07, 6.45) is 93.3. The van der Waals surface area contributed by atoms with Gasteiger partial charge in [-0.15, -0.1) is 0 Å². The van der Waals surface area contributed by atoms with Gasteiger partial charge in [-0.05, 0) is 96.3 Å². The van der Waals surface area contributed by atoms with Crippen LogP contribution in [0, 0.1) is 0 Å². The van der Waals surface area contributed by atoms with E-state index in [-0.39, 0.29) is 32.0 Å². The SMILES string of the molecule is CC/C=C\C/C=C\C/C=C\C/C=C\C/C=C\CCCCCCCCCC(=O)OC(COC(=O)CCCCCCCCCCCCCCCCCCCCCCCCCCCC/C=C\C/C=C\C/C=C\C/C=C\CC)COP(=O)([O-])OCC[N+](C)(C)C. The molecule has 0 aromatic carbocycles. The monoisotopic (exact) mass is 1220 g/mol. The van der Waals surface area contributed by atoms with E-state index in [2.05, 4.69) is 123 Å². The third-order valence-corrected chi connectivity index (χ3v) is 16.3. The Hall–Kier alpha value is -3.33. The summed E-state index contributed by atoms with van der Waals surface area (Å²) in [4.78, 5) is 38.0. The van der Waals surface area contributed by atoms with E-state index in [0.717, 1.165) is 103 Å². The van der Waals surface area contributed by atoms with Crippen molar-refractivity contribution in [3.63, 3.8) is 0 Å². The Morgan fingerprint density at radius 3 is 0.930 bits per heavy atom. The second-order valence-corrected chi connectivity index (χ2v) is 26.2. The summed E-state index contributed by atoms with van der Waals surface area (Å²) in [6.45, 7) is 4.02. The normalized spacial score (nSPS) is 13.8. The first-order chi connectivity index (χ1) is 42.0. The van der Waals surface area contributed by atoms with Crippen molar-refractivity contribution >= 4 is 19.8 Å². The zero-order chi connectivity index (χ0) is 62.6. The number of unbranched alkanes of at least 4 members (excludes halogenated alkanes) is 33. The molecular formula is C76H134NO8P. The van der Waals surface area contributed by atoms with Gasteiger partial charge in [-0.3, -0.25) is 14.2 Å². The third kappa shape index (κ3) is 69.8. The molecule has 0 amide bonds. The topological polar surface area (TPSA) is 111 Å². The number of nitrogens with zero attached hydrogens (tertiary/aromatic N) is 1. The number of ether oxygens (including phenoxy) is 2. The van der Waals surface area contributed by atoms with Gasteiger partial charge in [-0.25, -0.2) is 0 Å². The van der Waals surface area contributed by atoms with Crippen LogP contribution in [0.1, 0.15) is 309 Å². The molecule has 0 aliphatic carbocycles. The molecule has 0 rings (SSSR count). The molecule has 496 valence electrons. The highest BCUT2D eigenvalue weighted by Gasteiger charge is 2.22. The van der Waals surface area contributed by atoms with Crippen LogP contribution in [-0.2, 0) is 32.7 Å². The van der Waals surface area contributed by atoms with Crippen molar-refractivity contribution in [2.75, 3.05) is 47.5 Å². The van der Waals surface area contributed by atoms with E-state index in [4.69, 9.17) is 18.5 Å². The molecule has 0 saturated heterocycles. The van der Waals surface area contributed by atoms with Gasteiger partial charge in [0.1, 0.15) is 19.8 Å². The largest absolute Gasteiger partial charge is 0.756 e. The summed E-state index contributed by atoms with van der Waals surface area (Å²) in [5.74, 6) is -0.839. The summed E-state index contributed by atoms with van der Waals surface area (Å²) in [6, 6.07) is 0. The quantitative estimate of drug-likeness (QED) is 0.0195. The number of carbonyl (C=O) groups is 2. The average molecular weight is 1220 g/mol. The van der Waals surface area contributed by atoms with Crippen LogP contribution >= 0.6 is 7.82 Å². The summed E-state index contributed by atoms with van der Waals surface area (Å²) in [5.41, 5.74) is 0. The fraction of sp³-hybridized carbons (Fsp3) is 0.737. The Balaban J connectivity index is 3.96. The molecular weight excluding hydrogens is 1090 g/mol. The van der Waals surface area contributed by atoms with Crippen LogP contribution in [0.5, 0.6) is 0 Å². The van der Waals surface area contributed by atoms with E-state index in [9.17, 15) is 19.0 Å². The van der Waals surface area contributed by atoms with E-state index in [1.165, 1.54) is 173 Å². The number of phosphoric ester groups is 1. The molecule has 0 aromatic heterocycles. The van der Waals surface area contributed by atoms with E-state index in [1.54, 1.807) is 0 Å². The van der Waals surface area contributed by atoms with Crippen LogP contribution < -0.4 is 4.89 Å². The molecule has 0 aromatic rings. The van der Waals surface area contributed by atoms with Crippen LogP contribution in [-0.4, -0.2) is 70.0 Å². The number of quaternary nitrogens is 1. The second kappa shape index (κ2) is 66.1. The van der Waals surface area contributed by atoms with Crippen molar-refractivity contribution in [1.82, 2.24) is 0 Å². The fourth-order valence-electron chi connectivity index (χ4n) is 9.91. The smallest absolute Gasteiger partial charge is 0.306 e. The standard InChI is InChI=1S/C76H134NO8P/c1-6-8-10-12-14-16-18-20-22-24-26-28-30-31-32-33-34-35-36-37-38-39-40-41-42-43-44-45-47-48-50-52-54-56-58-60-62-64-66-68-75(78)82-72-74(73-84-86(80,81)83-71-70-77(3,4)5)85-76(79)69-67-65-63-61-59-57-55-53-51-49-46-29-27-25-23-21-19-17-15-13-11-9-7-2/h8-11,14-17,20-23,26-29,49,51,74H,6-7,12-13,18-19,24-25,30-48,50,52-73H2,1-5H3/b10-8-,11-9-,16-14-,17-15-,22-20-,23-21-,28-26-,29-27-,51-49-. The molecule has 0 aliphatic rings. The second-order valence-electron chi connectivity index (χ2n) is 24.8. The number of allylic oxidation sites excluding steroid dienone is 18. The highest BCUT2D eigenvalue weighted by Crippen LogP contribution is 2.38. The lowest BCUT2D eigenvalue weighted by atomic mass is 10.0. The number of esters is 2. The molecule has 0 fully saturated rings. The molecule has 0 radical (unpaired) electrons. The molecule has 0 bridgehead atoms. The lowest BCUT2D eigenvalue weighted by Gasteiger charge is -2.28. The highest BCUT2D eigenvalue weighted by atomic mass is 31.2. The molecule has 0 spiro atoms. The minimum absolute atomic E-state index is 0.0361. The van der Waals surface area contributed by atoms with Crippen LogP contribution in [0.4, 0.5) is 0 Å². The fourth-order valence-corrected chi connectivity index (χ4v) is 10.6. The van der Waals surface area contributed by atoms with E-state index in [1.807, 2.05) is 21.1 Å². The molecule has 86 heavy (non-hydrogen) atoms. The maximum absolute atomic E-state index is 12.8. The zero-order valence-corrected chi connectivity index (χ0v) is 57.4. The maximum atomic E-state index is 12.8. The third-order valence-electron chi connectivity index (χ3n) is 15.3. The van der Waals surface area contributed by atoms with E-state index >= 15 is 0 Å². The van der Waals surface area contributed by atoms with Gasteiger partial charge >= 0.3 is 11.9 Å². The Kier molecular flexibility index (Phi) is 63.5. The summed E-state index contributed by atoms with van der Waals surface area (Å²) < 4.78 is 34.3. The van der Waals surface area contributed by atoms with Gasteiger partial charge in [-0.2, -0.15) is 0 Å². The lowest BCUT2D eigenvalue weighted by molar-refractivity contribution is -0.870. The Morgan fingerprint density at radius 1 is 0.360 bits per heavy atom. The zero-order valence-electron chi connectivity index (χ0n) is 56.5. The Bertz CT molecular complexity index is 1820. The highest BCUT2D eigenvalue weighted by molar-refractivity contribution is 7.45. The molecule has 10 heteroatoms. The number of likely N-dealkylation sites (N-methyl/N-ethyl adjacent to an activating group) is 1. The molecule has 2 atom stereocenters. The molecule has 9 nitrogen and oxygen atoms in total. The van der Waals surface area contributed by atoms with Crippen LogP contribution in [0.2, 0.25) is 0 Å². The number of phosphoric acid groups is 1. The predicted octanol–water partition coefficient (Wildman–Crippen LogP) is 22.6. The summed E-state index contributed by atoms with van der Waals surface area (Å²) >= 11 is 0. The van der Waals surface area contributed by atoms with Crippen molar-refractivity contribution in [2.45, 2.75) is 315 Å². The van der Waals surface area contributed by atoms with Gasteiger partial charge in [0.25, 0.3) is 7.82 Å². The minimum atomic E-state index is -4.65. The van der Waals surface area contributed by atoms with Crippen LogP contribution in [0.3, 0.4) is 0 Å². The Labute approximate surface area is 531 Å². The van der Waals surface area contributed by atoms with Gasteiger partial charge in [0.2, 0.25) is 0 Å². The van der Waals surface area contributed by atoms with Gasteiger partial charge in [0.05, 0.1) is 27.7 Å². The van der Waals surface area contributed by atoms with Crippen LogP contribution in [0.15, 0.2) is 109 Å². The lowest BCUT2D eigenvalue weighted by Crippen LogP contribution is -2.37. The first-order valence-corrected chi connectivity index (χ1v) is 37.1.